The molecular weight excluding hydrogens is 306 g/mol. The molecule has 0 aromatic heterocycles. The zero-order chi connectivity index (χ0) is 16.7. The average Bonchev–Trinajstić information content (AvgIpc) is 3.25. The van der Waals surface area contributed by atoms with Crippen molar-refractivity contribution in [1.29, 1.82) is 0 Å². The third-order valence-electron chi connectivity index (χ3n) is 6.07. The van der Waals surface area contributed by atoms with Crippen LogP contribution in [0.25, 0.3) is 0 Å². The number of carbonyl (C=O) groups excluding carboxylic acids is 1. The van der Waals surface area contributed by atoms with Crippen LogP contribution in [0.15, 0.2) is 24.3 Å². The zero-order valence-corrected chi connectivity index (χ0v) is 13.8. The van der Waals surface area contributed by atoms with Crippen LogP contribution in [0.1, 0.15) is 25.7 Å². The number of anilines is 1. The second-order valence-corrected chi connectivity index (χ2v) is 7.37. The van der Waals surface area contributed by atoms with Gasteiger partial charge in [-0.15, -0.1) is 0 Å². The molecule has 3 atom stereocenters. The van der Waals surface area contributed by atoms with E-state index in [9.17, 15) is 14.9 Å². The molecule has 3 aliphatic rings. The molecule has 1 aromatic rings. The maximum Gasteiger partial charge on any atom is 0.269 e. The molecule has 0 unspecified atom stereocenters. The molecule has 3 fully saturated rings. The van der Waals surface area contributed by atoms with Gasteiger partial charge in [0.15, 0.2) is 0 Å². The number of benzene rings is 1. The van der Waals surface area contributed by atoms with Crippen molar-refractivity contribution in [3.63, 3.8) is 0 Å². The van der Waals surface area contributed by atoms with Crippen LogP contribution in [0.4, 0.5) is 11.4 Å². The highest BCUT2D eigenvalue weighted by Crippen LogP contribution is 2.48. The van der Waals surface area contributed by atoms with Gasteiger partial charge in [0.05, 0.1) is 4.92 Å². The predicted octanol–water partition coefficient (Wildman–Crippen LogP) is 2.68. The van der Waals surface area contributed by atoms with Crippen molar-refractivity contribution in [2.45, 2.75) is 25.7 Å². The molecule has 0 spiro atoms. The predicted molar refractivity (Wildman–Crippen MR) is 90.8 cm³/mol. The number of hydrogen-bond donors (Lipinski definition) is 0. The number of fused-ring (bicyclic) bond motifs is 2. The van der Waals surface area contributed by atoms with E-state index in [1.54, 1.807) is 24.3 Å². The molecule has 2 aliphatic carbocycles. The van der Waals surface area contributed by atoms with Crippen molar-refractivity contribution in [2.24, 2.45) is 17.8 Å². The Morgan fingerprint density at radius 3 is 2.29 bits per heavy atom. The highest BCUT2D eigenvalue weighted by molar-refractivity contribution is 5.80. The van der Waals surface area contributed by atoms with E-state index in [0.29, 0.717) is 11.8 Å². The number of rotatable bonds is 3. The lowest BCUT2D eigenvalue weighted by Gasteiger charge is -2.38. The number of nitro benzene ring substituents is 1. The fraction of sp³-hybridized carbons (Fsp3) is 0.611. The van der Waals surface area contributed by atoms with Crippen molar-refractivity contribution >= 4 is 17.3 Å². The molecular formula is C18H23N3O3. The lowest BCUT2D eigenvalue weighted by molar-refractivity contribution is -0.384. The summed E-state index contributed by atoms with van der Waals surface area (Å²) in [5, 5.41) is 10.7. The number of amides is 1. The van der Waals surface area contributed by atoms with E-state index in [0.717, 1.165) is 44.2 Å². The fourth-order valence-corrected chi connectivity index (χ4v) is 4.75. The van der Waals surface area contributed by atoms with Gasteiger partial charge in [-0.3, -0.25) is 14.9 Å². The summed E-state index contributed by atoms with van der Waals surface area (Å²) in [5.74, 6) is 2.07. The Labute approximate surface area is 141 Å². The summed E-state index contributed by atoms with van der Waals surface area (Å²) in [6, 6.07) is 6.68. The minimum atomic E-state index is -0.379. The molecule has 1 amide bonds. The number of nitro groups is 1. The van der Waals surface area contributed by atoms with Gasteiger partial charge >= 0.3 is 0 Å². The Bertz CT molecular complexity index is 637. The third kappa shape index (κ3) is 2.74. The van der Waals surface area contributed by atoms with Crippen LogP contribution < -0.4 is 4.90 Å². The maximum absolute atomic E-state index is 12.8. The third-order valence-corrected chi connectivity index (χ3v) is 6.07. The summed E-state index contributed by atoms with van der Waals surface area (Å²) < 4.78 is 0. The second kappa shape index (κ2) is 6.07. The monoisotopic (exact) mass is 329 g/mol. The van der Waals surface area contributed by atoms with Gasteiger partial charge in [-0.2, -0.15) is 0 Å². The first-order chi connectivity index (χ1) is 11.6. The van der Waals surface area contributed by atoms with Gasteiger partial charge in [0.1, 0.15) is 0 Å². The lowest BCUT2D eigenvalue weighted by Crippen LogP contribution is -2.51. The topological polar surface area (TPSA) is 66.7 Å². The standard InChI is InChI=1S/C18H23N3O3/c22-18(17-12-13-1-2-14(17)11-13)20-9-7-19(8-10-20)15-3-5-16(6-4-15)21(23)24/h3-6,13-14,17H,1-2,7-12H2/t13-,14+,17-/m0/s1. The molecule has 6 nitrogen and oxygen atoms in total. The number of hydrogen-bond acceptors (Lipinski definition) is 4. The molecule has 1 heterocycles. The van der Waals surface area contributed by atoms with Crippen LogP contribution in [0.5, 0.6) is 0 Å². The Kier molecular flexibility index (Phi) is 3.90. The Morgan fingerprint density at radius 1 is 1.04 bits per heavy atom. The Morgan fingerprint density at radius 2 is 1.75 bits per heavy atom. The van der Waals surface area contributed by atoms with Gasteiger partial charge in [0, 0.05) is 49.9 Å². The van der Waals surface area contributed by atoms with Crippen LogP contribution in [0, 0.1) is 27.9 Å². The molecule has 6 heteroatoms. The number of nitrogens with zero attached hydrogens (tertiary/aromatic N) is 3. The number of non-ortho nitro benzene ring substituents is 1. The average molecular weight is 329 g/mol. The summed E-state index contributed by atoms with van der Waals surface area (Å²) in [4.78, 5) is 27.4. The maximum atomic E-state index is 12.8. The van der Waals surface area contributed by atoms with Crippen molar-refractivity contribution in [3.8, 4) is 0 Å². The number of carbonyl (C=O) groups is 1. The molecule has 1 aromatic carbocycles. The molecule has 24 heavy (non-hydrogen) atoms. The molecule has 2 bridgehead atoms. The summed E-state index contributed by atoms with van der Waals surface area (Å²) in [5.41, 5.74) is 1.11. The molecule has 1 aliphatic heterocycles. The van der Waals surface area contributed by atoms with Crippen LogP contribution in [-0.4, -0.2) is 41.9 Å². The van der Waals surface area contributed by atoms with E-state index in [-0.39, 0.29) is 16.5 Å². The van der Waals surface area contributed by atoms with Gasteiger partial charge in [-0.05, 0) is 43.2 Å². The van der Waals surface area contributed by atoms with Gasteiger partial charge in [0.25, 0.3) is 5.69 Å². The minimum absolute atomic E-state index is 0.115. The van der Waals surface area contributed by atoms with Crippen LogP contribution >= 0.6 is 0 Å². The number of piperazine rings is 1. The lowest BCUT2D eigenvalue weighted by atomic mass is 9.87. The molecule has 4 rings (SSSR count). The Balaban J connectivity index is 1.34. The van der Waals surface area contributed by atoms with Crippen molar-refractivity contribution in [2.75, 3.05) is 31.1 Å². The summed E-state index contributed by atoms with van der Waals surface area (Å²) in [6.45, 7) is 3.10. The summed E-state index contributed by atoms with van der Waals surface area (Å²) in [6.07, 6.45) is 4.93. The van der Waals surface area contributed by atoms with Crippen LogP contribution in [0.2, 0.25) is 0 Å². The highest BCUT2D eigenvalue weighted by atomic mass is 16.6. The van der Waals surface area contributed by atoms with E-state index in [2.05, 4.69) is 4.90 Å². The Hall–Kier alpha value is -2.11. The van der Waals surface area contributed by atoms with Gasteiger partial charge < -0.3 is 9.80 Å². The molecule has 1 saturated heterocycles. The quantitative estimate of drug-likeness (QED) is 0.632. The first kappa shape index (κ1) is 15.4. The van der Waals surface area contributed by atoms with E-state index >= 15 is 0 Å². The minimum Gasteiger partial charge on any atom is -0.368 e. The molecule has 0 radical (unpaired) electrons. The van der Waals surface area contributed by atoms with E-state index in [4.69, 9.17) is 0 Å². The first-order valence-corrected chi connectivity index (χ1v) is 8.90. The van der Waals surface area contributed by atoms with Crippen LogP contribution in [-0.2, 0) is 4.79 Å². The van der Waals surface area contributed by atoms with E-state index in [1.807, 2.05) is 4.90 Å². The van der Waals surface area contributed by atoms with Gasteiger partial charge in [-0.25, -0.2) is 0 Å². The highest BCUT2D eigenvalue weighted by Gasteiger charge is 2.44. The van der Waals surface area contributed by atoms with Gasteiger partial charge in [-0.1, -0.05) is 6.42 Å². The SMILES string of the molecule is O=C([C@H]1C[C@H]2CC[C@@H]1C2)N1CCN(c2ccc([N+](=O)[O-])cc2)CC1. The fourth-order valence-electron chi connectivity index (χ4n) is 4.75. The van der Waals surface area contributed by atoms with Crippen molar-refractivity contribution in [1.82, 2.24) is 4.90 Å². The summed E-state index contributed by atoms with van der Waals surface area (Å²) >= 11 is 0. The smallest absolute Gasteiger partial charge is 0.269 e. The largest absolute Gasteiger partial charge is 0.368 e. The normalized spacial score (nSPS) is 29.1. The first-order valence-electron chi connectivity index (χ1n) is 8.90. The van der Waals surface area contributed by atoms with Crippen LogP contribution in [0.3, 0.4) is 0 Å². The van der Waals surface area contributed by atoms with Gasteiger partial charge in [0.2, 0.25) is 5.91 Å². The van der Waals surface area contributed by atoms with Crippen molar-refractivity contribution in [3.05, 3.63) is 34.4 Å². The molecule has 2 saturated carbocycles. The molecule has 128 valence electrons. The second-order valence-electron chi connectivity index (χ2n) is 7.37. The van der Waals surface area contributed by atoms with E-state index < -0.39 is 0 Å². The molecule has 0 N–H and O–H groups in total. The zero-order valence-electron chi connectivity index (χ0n) is 13.8. The van der Waals surface area contributed by atoms with E-state index in [1.165, 1.54) is 19.3 Å². The summed E-state index contributed by atoms with van der Waals surface area (Å²) in [7, 11) is 0. The van der Waals surface area contributed by atoms with Crippen molar-refractivity contribution < 1.29 is 9.72 Å².